The van der Waals surface area contributed by atoms with Crippen LogP contribution in [0.2, 0.25) is 5.02 Å². The Kier molecular flexibility index (Phi) is 4.43. The molecule has 0 radical (unpaired) electrons. The Morgan fingerprint density at radius 1 is 1.14 bits per heavy atom. The lowest BCUT2D eigenvalue weighted by molar-refractivity contribution is 0.414. The molecule has 1 fully saturated rings. The minimum Gasteiger partial charge on any atom is -0.497 e. The van der Waals surface area contributed by atoms with Crippen LogP contribution in [0.3, 0.4) is 0 Å². The van der Waals surface area contributed by atoms with Crippen molar-refractivity contribution in [1.29, 1.82) is 0 Å². The number of H-pyrrole nitrogens is 1. The van der Waals surface area contributed by atoms with Crippen molar-refractivity contribution in [2.24, 2.45) is 0 Å². The van der Waals surface area contributed by atoms with Crippen LogP contribution in [0, 0.1) is 0 Å². The number of aromatic nitrogens is 3. The number of anilines is 2. The van der Waals surface area contributed by atoms with Crippen LogP contribution in [0.5, 0.6) is 5.75 Å². The lowest BCUT2D eigenvalue weighted by atomic mass is 10.1. The monoisotopic (exact) mass is 407 g/mol. The molecule has 2 aromatic carbocycles. The van der Waals surface area contributed by atoms with Crippen LogP contribution < -0.4 is 14.5 Å². The normalized spacial score (nSPS) is 17.3. The van der Waals surface area contributed by atoms with Crippen LogP contribution in [0.1, 0.15) is 6.92 Å². The number of halogens is 1. The lowest BCUT2D eigenvalue weighted by Crippen LogP contribution is -2.52. The van der Waals surface area contributed by atoms with E-state index in [1.807, 2.05) is 30.3 Å². The largest absolute Gasteiger partial charge is 0.497 e. The number of piperazine rings is 1. The Morgan fingerprint density at radius 3 is 2.86 bits per heavy atom. The predicted octanol–water partition coefficient (Wildman–Crippen LogP) is 4.49. The summed E-state index contributed by atoms with van der Waals surface area (Å²) in [6, 6.07) is 14.4. The maximum Gasteiger partial charge on any atom is 0.156 e. The fourth-order valence-corrected chi connectivity index (χ4v) is 4.39. The first-order chi connectivity index (χ1) is 14.1. The maximum atomic E-state index is 6.20. The van der Waals surface area contributed by atoms with Crippen molar-refractivity contribution in [1.82, 2.24) is 15.0 Å². The fraction of sp³-hybridized carbons (Fsp3) is 0.273. The molecular weight excluding hydrogens is 386 g/mol. The van der Waals surface area contributed by atoms with Crippen LogP contribution in [0.15, 0.2) is 48.8 Å². The first-order valence-electron chi connectivity index (χ1n) is 9.71. The Hall–Kier alpha value is -2.99. The highest BCUT2D eigenvalue weighted by atomic mass is 35.5. The van der Waals surface area contributed by atoms with Crippen molar-refractivity contribution in [3.63, 3.8) is 0 Å². The van der Waals surface area contributed by atoms with Crippen LogP contribution in [0.4, 0.5) is 11.5 Å². The summed E-state index contributed by atoms with van der Waals surface area (Å²) in [5, 5.41) is 1.73. The molecule has 0 bridgehead atoms. The topological polar surface area (TPSA) is 57.3 Å². The molecule has 0 aliphatic carbocycles. The lowest BCUT2D eigenvalue weighted by Gasteiger charge is -2.41. The standard InChI is InChI=1S/C22H22ClN5O/c1-14-12-27(8-9-28(14)16-4-3-5-17(11-16)29-2)22-21-20(24-13-25-22)18-10-15(23)6-7-19(18)26-21/h3-7,10-11,13-14,26H,8-9,12H2,1-2H3/t14-/m0/s1. The molecule has 1 atom stereocenters. The number of hydrogen-bond acceptors (Lipinski definition) is 5. The summed E-state index contributed by atoms with van der Waals surface area (Å²) in [6.45, 7) is 4.91. The Bertz CT molecular complexity index is 1190. The highest BCUT2D eigenvalue weighted by molar-refractivity contribution is 6.31. The van der Waals surface area contributed by atoms with Gasteiger partial charge >= 0.3 is 0 Å². The Labute approximate surface area is 174 Å². The summed E-state index contributed by atoms with van der Waals surface area (Å²) in [6.07, 6.45) is 1.64. The van der Waals surface area contributed by atoms with E-state index in [1.54, 1.807) is 13.4 Å². The van der Waals surface area contributed by atoms with Crippen LogP contribution in [-0.4, -0.2) is 47.7 Å². The second-order valence-electron chi connectivity index (χ2n) is 7.43. The molecular formula is C22H22ClN5O. The number of nitrogens with one attached hydrogen (secondary N) is 1. The van der Waals surface area contributed by atoms with Crippen molar-refractivity contribution < 1.29 is 4.74 Å². The van der Waals surface area contributed by atoms with Gasteiger partial charge in [-0.15, -0.1) is 0 Å². The molecule has 1 aliphatic rings. The van der Waals surface area contributed by atoms with Gasteiger partial charge in [0.05, 0.1) is 7.11 Å². The van der Waals surface area contributed by atoms with Crippen molar-refractivity contribution in [2.45, 2.75) is 13.0 Å². The Morgan fingerprint density at radius 2 is 2.03 bits per heavy atom. The molecule has 1 aliphatic heterocycles. The van der Waals surface area contributed by atoms with Gasteiger partial charge in [0.2, 0.25) is 0 Å². The number of ether oxygens (including phenoxy) is 1. The van der Waals surface area contributed by atoms with Crippen LogP contribution in [0.25, 0.3) is 21.9 Å². The van der Waals surface area contributed by atoms with Gasteiger partial charge in [0.1, 0.15) is 23.1 Å². The van der Waals surface area contributed by atoms with Gasteiger partial charge in [0, 0.05) is 53.4 Å². The molecule has 5 rings (SSSR count). The van der Waals surface area contributed by atoms with Crippen LogP contribution >= 0.6 is 11.6 Å². The summed E-state index contributed by atoms with van der Waals surface area (Å²) in [7, 11) is 1.70. The van der Waals surface area contributed by atoms with Gasteiger partial charge < -0.3 is 19.5 Å². The number of fused-ring (bicyclic) bond motifs is 3. The second-order valence-corrected chi connectivity index (χ2v) is 7.86. The van der Waals surface area contributed by atoms with E-state index in [-0.39, 0.29) is 0 Å². The fourth-order valence-electron chi connectivity index (χ4n) is 4.21. The van der Waals surface area contributed by atoms with Gasteiger partial charge in [-0.1, -0.05) is 17.7 Å². The van der Waals surface area contributed by atoms with E-state index < -0.39 is 0 Å². The van der Waals surface area contributed by atoms with E-state index in [0.717, 1.165) is 53.1 Å². The van der Waals surface area contributed by atoms with E-state index in [1.165, 1.54) is 5.69 Å². The molecule has 4 aromatic rings. The first kappa shape index (κ1) is 18.1. The van der Waals surface area contributed by atoms with Gasteiger partial charge in [-0.2, -0.15) is 0 Å². The molecule has 0 saturated carbocycles. The average molecular weight is 408 g/mol. The molecule has 3 heterocycles. The zero-order valence-electron chi connectivity index (χ0n) is 16.4. The Balaban J connectivity index is 1.47. The highest BCUT2D eigenvalue weighted by Gasteiger charge is 2.27. The summed E-state index contributed by atoms with van der Waals surface area (Å²) >= 11 is 6.20. The number of benzene rings is 2. The van der Waals surface area contributed by atoms with E-state index in [4.69, 9.17) is 16.3 Å². The smallest absolute Gasteiger partial charge is 0.156 e. The van der Waals surface area contributed by atoms with Crippen molar-refractivity contribution >= 4 is 45.0 Å². The third-order valence-corrected chi connectivity index (χ3v) is 5.87. The zero-order chi connectivity index (χ0) is 20.0. The quantitative estimate of drug-likeness (QED) is 0.542. The van der Waals surface area contributed by atoms with Crippen LogP contribution in [-0.2, 0) is 0 Å². The first-order valence-corrected chi connectivity index (χ1v) is 10.1. The summed E-state index contributed by atoms with van der Waals surface area (Å²) < 4.78 is 5.39. The summed E-state index contributed by atoms with van der Waals surface area (Å²) in [5.74, 6) is 1.82. The van der Waals surface area contributed by atoms with Gasteiger partial charge in [0.15, 0.2) is 5.82 Å². The van der Waals surface area contributed by atoms with Crippen molar-refractivity contribution in [2.75, 3.05) is 36.5 Å². The number of hydrogen-bond donors (Lipinski definition) is 1. The van der Waals surface area contributed by atoms with E-state index in [9.17, 15) is 0 Å². The van der Waals surface area contributed by atoms with E-state index >= 15 is 0 Å². The maximum absolute atomic E-state index is 6.20. The predicted molar refractivity (Wildman–Crippen MR) is 118 cm³/mol. The molecule has 1 N–H and O–H groups in total. The molecule has 148 valence electrons. The molecule has 7 heteroatoms. The van der Waals surface area contributed by atoms with Crippen molar-refractivity contribution in [3.05, 3.63) is 53.8 Å². The number of aromatic amines is 1. The zero-order valence-corrected chi connectivity index (χ0v) is 17.1. The third kappa shape index (κ3) is 3.13. The minimum absolute atomic E-state index is 0.333. The molecule has 1 saturated heterocycles. The van der Waals surface area contributed by atoms with E-state index in [0.29, 0.717) is 11.1 Å². The second kappa shape index (κ2) is 7.12. The van der Waals surface area contributed by atoms with Gasteiger partial charge in [-0.3, -0.25) is 0 Å². The molecule has 0 amide bonds. The average Bonchev–Trinajstić information content (AvgIpc) is 3.11. The number of rotatable bonds is 3. The SMILES string of the molecule is COc1cccc(N2CCN(c3ncnc4c3[nH]c3ccc(Cl)cc34)C[C@@H]2C)c1. The molecule has 0 unspecified atom stereocenters. The van der Waals surface area contributed by atoms with Gasteiger partial charge in [-0.25, -0.2) is 9.97 Å². The molecule has 6 nitrogen and oxygen atoms in total. The summed E-state index contributed by atoms with van der Waals surface area (Å²) in [5.41, 5.74) is 4.08. The summed E-state index contributed by atoms with van der Waals surface area (Å²) in [4.78, 5) is 17.4. The minimum atomic E-state index is 0.333. The van der Waals surface area contributed by atoms with Gasteiger partial charge in [0.25, 0.3) is 0 Å². The molecule has 0 spiro atoms. The number of methoxy groups -OCH3 is 1. The number of nitrogens with zero attached hydrogens (tertiary/aromatic N) is 4. The van der Waals surface area contributed by atoms with Crippen molar-refractivity contribution in [3.8, 4) is 5.75 Å². The van der Waals surface area contributed by atoms with Gasteiger partial charge in [-0.05, 0) is 37.3 Å². The van der Waals surface area contributed by atoms with E-state index in [2.05, 4.69) is 43.8 Å². The highest BCUT2D eigenvalue weighted by Crippen LogP contribution is 2.32. The molecule has 29 heavy (non-hydrogen) atoms. The third-order valence-electron chi connectivity index (χ3n) is 5.64. The molecule has 2 aromatic heterocycles.